The molecule has 1 amide bonds. The van der Waals surface area contributed by atoms with Gasteiger partial charge in [0.1, 0.15) is 4.83 Å². The Morgan fingerprint density at radius 3 is 2.67 bits per heavy atom. The Balaban J connectivity index is 1.64. The average molecular weight is 476 g/mol. The first kappa shape index (κ1) is 20.9. The molecule has 1 N–H and O–H groups in total. The molecule has 9 heteroatoms. The number of aromatic nitrogens is 2. The van der Waals surface area contributed by atoms with Crippen molar-refractivity contribution in [3.8, 4) is 5.69 Å². The van der Waals surface area contributed by atoms with Crippen molar-refractivity contribution in [2.45, 2.75) is 12.1 Å². The minimum Gasteiger partial charge on any atom is -0.324 e. The van der Waals surface area contributed by atoms with Gasteiger partial charge in [-0.3, -0.25) is 14.2 Å². The number of carbonyl (C=O) groups excluding carboxylic acids is 1. The van der Waals surface area contributed by atoms with Crippen LogP contribution in [-0.2, 0) is 4.79 Å². The average Bonchev–Trinajstić information content (AvgIpc) is 3.10. The molecular formula is C21H15Cl2N3O2S2. The summed E-state index contributed by atoms with van der Waals surface area (Å²) in [5.74, 6) is -0.200. The van der Waals surface area contributed by atoms with Gasteiger partial charge < -0.3 is 5.32 Å². The molecule has 0 saturated heterocycles. The van der Waals surface area contributed by atoms with Crippen molar-refractivity contribution in [1.82, 2.24) is 9.55 Å². The number of nitrogens with one attached hydrogen (secondary N) is 1. The largest absolute Gasteiger partial charge is 0.324 e. The monoisotopic (exact) mass is 475 g/mol. The molecule has 0 fully saturated rings. The first-order chi connectivity index (χ1) is 14.4. The summed E-state index contributed by atoms with van der Waals surface area (Å²) in [5, 5.41) is 4.63. The lowest BCUT2D eigenvalue weighted by Gasteiger charge is -2.12. The van der Waals surface area contributed by atoms with Crippen molar-refractivity contribution in [3.05, 3.63) is 79.9 Å². The minimum atomic E-state index is -0.263. The second kappa shape index (κ2) is 8.81. The fraction of sp³-hybridized carbons (Fsp3) is 0.0952. The number of rotatable bonds is 5. The molecule has 152 valence electrons. The van der Waals surface area contributed by atoms with Gasteiger partial charge >= 0.3 is 0 Å². The van der Waals surface area contributed by atoms with Crippen LogP contribution in [-0.4, -0.2) is 21.2 Å². The van der Waals surface area contributed by atoms with E-state index in [9.17, 15) is 9.59 Å². The molecule has 5 nitrogen and oxygen atoms in total. The molecular weight excluding hydrogens is 461 g/mol. The number of thiophene rings is 1. The van der Waals surface area contributed by atoms with E-state index in [0.29, 0.717) is 36.8 Å². The maximum atomic E-state index is 13.2. The van der Waals surface area contributed by atoms with E-state index >= 15 is 0 Å². The molecule has 0 atom stereocenters. The number of hydrogen-bond acceptors (Lipinski definition) is 5. The molecule has 0 saturated carbocycles. The van der Waals surface area contributed by atoms with Crippen LogP contribution in [0.15, 0.2) is 64.5 Å². The summed E-state index contributed by atoms with van der Waals surface area (Å²) in [6.07, 6.45) is 0. The molecule has 2 heterocycles. The van der Waals surface area contributed by atoms with Crippen molar-refractivity contribution in [3.63, 3.8) is 0 Å². The maximum absolute atomic E-state index is 13.2. The number of hydrogen-bond donors (Lipinski definition) is 1. The van der Waals surface area contributed by atoms with Gasteiger partial charge in [0, 0.05) is 9.90 Å². The van der Waals surface area contributed by atoms with E-state index in [2.05, 4.69) is 10.3 Å². The molecule has 0 spiro atoms. The minimum absolute atomic E-state index is 0.0636. The molecule has 4 aromatic rings. The van der Waals surface area contributed by atoms with Crippen molar-refractivity contribution in [1.29, 1.82) is 0 Å². The summed E-state index contributed by atoms with van der Waals surface area (Å²) in [6.45, 7) is 1.94. The molecule has 2 aromatic heterocycles. The van der Waals surface area contributed by atoms with Gasteiger partial charge in [-0.1, -0.05) is 53.2 Å². The van der Waals surface area contributed by atoms with Gasteiger partial charge in [0.25, 0.3) is 5.56 Å². The van der Waals surface area contributed by atoms with Gasteiger partial charge in [-0.15, -0.1) is 11.3 Å². The van der Waals surface area contributed by atoms with Crippen LogP contribution >= 0.6 is 46.3 Å². The summed E-state index contributed by atoms with van der Waals surface area (Å²) in [6, 6.07) is 16.0. The Kier molecular flexibility index (Phi) is 6.15. The molecule has 30 heavy (non-hydrogen) atoms. The number of aryl methyl sites for hydroxylation is 1. The van der Waals surface area contributed by atoms with E-state index in [0.717, 1.165) is 4.88 Å². The van der Waals surface area contributed by atoms with Crippen molar-refractivity contribution in [2.24, 2.45) is 0 Å². The zero-order valence-corrected chi connectivity index (χ0v) is 18.8. The van der Waals surface area contributed by atoms with Gasteiger partial charge in [-0.2, -0.15) is 0 Å². The topological polar surface area (TPSA) is 64.0 Å². The van der Waals surface area contributed by atoms with Gasteiger partial charge in [-0.25, -0.2) is 4.98 Å². The van der Waals surface area contributed by atoms with E-state index in [1.807, 2.05) is 43.3 Å². The molecule has 0 bridgehead atoms. The Hall–Kier alpha value is -2.32. The van der Waals surface area contributed by atoms with Crippen LogP contribution in [0.5, 0.6) is 0 Å². The van der Waals surface area contributed by atoms with Crippen LogP contribution in [0.4, 0.5) is 5.69 Å². The predicted molar refractivity (Wildman–Crippen MR) is 126 cm³/mol. The van der Waals surface area contributed by atoms with E-state index in [-0.39, 0.29) is 17.2 Å². The van der Waals surface area contributed by atoms with Crippen LogP contribution in [0.1, 0.15) is 4.88 Å². The van der Waals surface area contributed by atoms with E-state index in [4.69, 9.17) is 23.2 Å². The highest BCUT2D eigenvalue weighted by Crippen LogP contribution is 2.28. The fourth-order valence-corrected chi connectivity index (χ4v) is 5.08. The molecule has 0 unspecified atom stereocenters. The summed E-state index contributed by atoms with van der Waals surface area (Å²) in [7, 11) is 0. The molecule has 0 aliphatic carbocycles. The van der Waals surface area contributed by atoms with Crippen molar-refractivity contribution < 1.29 is 4.79 Å². The Morgan fingerprint density at radius 2 is 1.93 bits per heavy atom. The Bertz CT molecular complexity index is 1300. The zero-order chi connectivity index (χ0) is 21.3. The number of nitrogens with zero attached hydrogens (tertiary/aromatic N) is 2. The van der Waals surface area contributed by atoms with Crippen LogP contribution in [0, 0.1) is 6.92 Å². The van der Waals surface area contributed by atoms with Crippen LogP contribution in [0.25, 0.3) is 15.9 Å². The summed E-state index contributed by atoms with van der Waals surface area (Å²) >= 11 is 14.7. The number of benzene rings is 2. The highest BCUT2D eigenvalue weighted by molar-refractivity contribution is 7.99. The molecule has 0 radical (unpaired) electrons. The Morgan fingerprint density at radius 1 is 1.17 bits per heavy atom. The Labute approximate surface area is 190 Å². The predicted octanol–water partition coefficient (Wildman–Crippen LogP) is 5.79. The summed E-state index contributed by atoms with van der Waals surface area (Å²) in [4.78, 5) is 32.0. The molecule has 0 aliphatic rings. The molecule has 4 rings (SSSR count). The standard InChI is InChI=1S/C21H15Cl2N3O2S2/c1-12-9-15-19(30-12)25-21(26(20(15)28)14-5-3-2-4-6-14)29-11-18(27)24-17-8-7-13(22)10-16(17)23/h2-10H,11H2,1H3,(H,24,27). The maximum Gasteiger partial charge on any atom is 0.267 e. The van der Waals surface area contributed by atoms with Gasteiger partial charge in [0.05, 0.1) is 27.5 Å². The smallest absolute Gasteiger partial charge is 0.267 e. The first-order valence-electron chi connectivity index (χ1n) is 8.88. The number of thioether (sulfide) groups is 1. The third-order valence-electron chi connectivity index (χ3n) is 4.21. The lowest BCUT2D eigenvalue weighted by molar-refractivity contribution is -0.113. The summed E-state index contributed by atoms with van der Waals surface area (Å²) in [5.41, 5.74) is 1.02. The van der Waals surface area contributed by atoms with Gasteiger partial charge in [0.15, 0.2) is 5.16 Å². The number of anilines is 1. The second-order valence-electron chi connectivity index (χ2n) is 6.41. The normalized spacial score (nSPS) is 11.0. The van der Waals surface area contributed by atoms with E-state index in [1.54, 1.807) is 22.8 Å². The third kappa shape index (κ3) is 4.39. The van der Waals surface area contributed by atoms with E-state index in [1.165, 1.54) is 23.1 Å². The zero-order valence-electron chi connectivity index (χ0n) is 15.7. The SMILES string of the molecule is Cc1cc2c(=O)n(-c3ccccc3)c(SCC(=O)Nc3ccc(Cl)cc3Cl)nc2s1. The highest BCUT2D eigenvalue weighted by Gasteiger charge is 2.17. The van der Waals surface area contributed by atoms with Crippen molar-refractivity contribution in [2.75, 3.05) is 11.1 Å². The quantitative estimate of drug-likeness (QED) is 0.292. The third-order valence-corrected chi connectivity index (χ3v) is 6.64. The first-order valence-corrected chi connectivity index (χ1v) is 11.4. The van der Waals surface area contributed by atoms with Crippen LogP contribution in [0.3, 0.4) is 0 Å². The number of amides is 1. The van der Waals surface area contributed by atoms with Crippen molar-refractivity contribution >= 4 is 68.1 Å². The highest BCUT2D eigenvalue weighted by atomic mass is 35.5. The van der Waals surface area contributed by atoms with Crippen LogP contribution in [0.2, 0.25) is 10.0 Å². The number of carbonyl (C=O) groups is 1. The lowest BCUT2D eigenvalue weighted by atomic mass is 10.3. The summed E-state index contributed by atoms with van der Waals surface area (Å²) < 4.78 is 1.54. The fourth-order valence-electron chi connectivity index (χ4n) is 2.89. The van der Waals surface area contributed by atoms with Crippen LogP contribution < -0.4 is 10.9 Å². The number of halogens is 2. The lowest BCUT2D eigenvalue weighted by Crippen LogP contribution is -2.22. The van der Waals surface area contributed by atoms with Gasteiger partial charge in [0.2, 0.25) is 5.91 Å². The molecule has 0 aliphatic heterocycles. The molecule has 2 aromatic carbocycles. The number of fused-ring (bicyclic) bond motifs is 1. The van der Waals surface area contributed by atoms with E-state index < -0.39 is 0 Å². The number of para-hydroxylation sites is 1. The van der Waals surface area contributed by atoms with Gasteiger partial charge in [-0.05, 0) is 43.3 Å². The second-order valence-corrected chi connectivity index (χ2v) is 9.43.